The summed E-state index contributed by atoms with van der Waals surface area (Å²) in [5.41, 5.74) is 0.954. The molecule has 1 saturated heterocycles. The monoisotopic (exact) mass is 457 g/mol. The van der Waals surface area contributed by atoms with Crippen LogP contribution in [0, 0.1) is 23.0 Å². The molecular formula is C23H27N3O5S. The molecule has 1 aliphatic carbocycles. The van der Waals surface area contributed by atoms with Crippen molar-refractivity contribution in [2.45, 2.75) is 56.4 Å². The lowest BCUT2D eigenvalue weighted by molar-refractivity contribution is -0.385. The normalized spacial score (nSPS) is 21.0. The minimum atomic E-state index is -4.01. The van der Waals surface area contributed by atoms with Crippen LogP contribution < -0.4 is 4.72 Å². The summed E-state index contributed by atoms with van der Waals surface area (Å²) in [6.07, 6.45) is 6.84. The molecule has 2 aliphatic rings. The number of aryl methyl sites for hydroxylation is 1. The van der Waals surface area contributed by atoms with E-state index in [9.17, 15) is 23.3 Å². The number of carbonyl (C=O) groups excluding carboxylic acids is 1. The molecule has 1 heterocycles. The summed E-state index contributed by atoms with van der Waals surface area (Å²) >= 11 is 0. The largest absolute Gasteiger partial charge is 0.335 e. The number of anilines is 1. The summed E-state index contributed by atoms with van der Waals surface area (Å²) in [6.45, 7) is 2.32. The lowest BCUT2D eigenvalue weighted by Crippen LogP contribution is -2.49. The van der Waals surface area contributed by atoms with Gasteiger partial charge in [-0.25, -0.2) is 8.42 Å². The quantitative estimate of drug-likeness (QED) is 0.525. The molecular weight excluding hydrogens is 430 g/mol. The molecule has 0 bridgehead atoms. The van der Waals surface area contributed by atoms with Crippen LogP contribution in [0.1, 0.15) is 54.4 Å². The van der Waals surface area contributed by atoms with Crippen LogP contribution in [-0.2, 0) is 10.0 Å². The van der Waals surface area contributed by atoms with E-state index in [-0.39, 0.29) is 16.5 Å². The molecule has 0 radical (unpaired) electrons. The lowest BCUT2D eigenvalue weighted by Gasteiger charge is -2.44. The number of hydrogen-bond donors (Lipinski definition) is 1. The molecule has 2 aromatic rings. The molecule has 4 rings (SSSR count). The van der Waals surface area contributed by atoms with Crippen molar-refractivity contribution in [2.24, 2.45) is 5.92 Å². The predicted octanol–water partition coefficient (Wildman–Crippen LogP) is 4.50. The number of carbonyl (C=O) groups is 1. The van der Waals surface area contributed by atoms with Crippen LogP contribution in [0.4, 0.5) is 11.4 Å². The molecule has 1 saturated carbocycles. The van der Waals surface area contributed by atoms with E-state index in [2.05, 4.69) is 4.72 Å². The van der Waals surface area contributed by atoms with E-state index < -0.39 is 14.9 Å². The first-order valence-electron chi connectivity index (χ1n) is 10.9. The second kappa shape index (κ2) is 8.90. The van der Waals surface area contributed by atoms with Gasteiger partial charge in [-0.2, -0.15) is 0 Å². The van der Waals surface area contributed by atoms with Crippen LogP contribution in [0.2, 0.25) is 0 Å². The molecule has 1 amide bonds. The number of nitro benzene ring substituents is 1. The van der Waals surface area contributed by atoms with Crippen LogP contribution in [0.5, 0.6) is 0 Å². The molecule has 170 valence electrons. The summed E-state index contributed by atoms with van der Waals surface area (Å²) in [5, 5.41) is 11.1. The van der Waals surface area contributed by atoms with Crippen LogP contribution in [0.3, 0.4) is 0 Å². The predicted molar refractivity (Wildman–Crippen MR) is 121 cm³/mol. The molecule has 8 nitrogen and oxygen atoms in total. The van der Waals surface area contributed by atoms with E-state index in [1.165, 1.54) is 31.4 Å². The number of hydrogen-bond acceptors (Lipinski definition) is 5. The Bertz CT molecular complexity index is 1130. The van der Waals surface area contributed by atoms with Crippen molar-refractivity contribution < 1.29 is 18.1 Å². The third-order valence-electron chi connectivity index (χ3n) is 6.58. The molecule has 0 spiro atoms. The van der Waals surface area contributed by atoms with E-state index in [0.717, 1.165) is 31.9 Å². The molecule has 0 aromatic heterocycles. The summed E-state index contributed by atoms with van der Waals surface area (Å²) in [6, 6.07) is 10.5. The Morgan fingerprint density at radius 3 is 2.47 bits per heavy atom. The van der Waals surface area contributed by atoms with Crippen LogP contribution in [0.15, 0.2) is 47.4 Å². The maximum absolute atomic E-state index is 13.1. The zero-order valence-electron chi connectivity index (χ0n) is 18.0. The number of sulfonamides is 1. The highest BCUT2D eigenvalue weighted by atomic mass is 32.2. The standard InChI is InChI=1S/C23H27N3O5S/c1-16-8-13-20(15-22(16)26(28)29)32(30,31)24-19-11-9-18(10-12-19)23(27)25-14-4-6-17-5-2-3-7-21(17)25/h8-13,15,17,21,24H,2-7,14H2,1H3. The highest BCUT2D eigenvalue weighted by Gasteiger charge is 2.36. The Labute approximate surface area is 187 Å². The summed E-state index contributed by atoms with van der Waals surface area (Å²) < 4.78 is 27.8. The van der Waals surface area contributed by atoms with Crippen molar-refractivity contribution in [1.29, 1.82) is 0 Å². The Morgan fingerprint density at radius 2 is 1.75 bits per heavy atom. The fourth-order valence-corrected chi connectivity index (χ4v) is 5.97. The van der Waals surface area contributed by atoms with Gasteiger partial charge >= 0.3 is 0 Å². The lowest BCUT2D eigenvalue weighted by atomic mass is 9.78. The Morgan fingerprint density at radius 1 is 1.06 bits per heavy atom. The number of benzene rings is 2. The number of rotatable bonds is 5. The van der Waals surface area contributed by atoms with Crippen molar-refractivity contribution >= 4 is 27.3 Å². The van der Waals surface area contributed by atoms with Crippen LogP contribution >= 0.6 is 0 Å². The fraction of sp³-hybridized carbons (Fsp3) is 0.435. The van der Waals surface area contributed by atoms with Gasteiger partial charge in [0.25, 0.3) is 21.6 Å². The van der Waals surface area contributed by atoms with Gasteiger partial charge in [-0.1, -0.05) is 18.9 Å². The number of fused-ring (bicyclic) bond motifs is 1. The zero-order chi connectivity index (χ0) is 22.9. The minimum absolute atomic E-state index is 0.00911. The highest BCUT2D eigenvalue weighted by molar-refractivity contribution is 7.92. The third-order valence-corrected chi connectivity index (χ3v) is 7.95. The van der Waals surface area contributed by atoms with Crippen molar-refractivity contribution in [3.05, 3.63) is 63.7 Å². The third kappa shape index (κ3) is 4.48. The number of nitrogens with zero attached hydrogens (tertiary/aromatic N) is 2. The van der Waals surface area contributed by atoms with Gasteiger partial charge in [-0.15, -0.1) is 0 Å². The smallest absolute Gasteiger partial charge is 0.273 e. The maximum Gasteiger partial charge on any atom is 0.273 e. The summed E-state index contributed by atoms with van der Waals surface area (Å²) in [5.74, 6) is 0.580. The van der Waals surface area contributed by atoms with Gasteiger partial charge in [-0.3, -0.25) is 19.6 Å². The second-order valence-corrected chi connectivity index (χ2v) is 10.3. The van der Waals surface area contributed by atoms with Crippen molar-refractivity contribution in [3.63, 3.8) is 0 Å². The summed E-state index contributed by atoms with van der Waals surface area (Å²) in [7, 11) is -4.01. The van der Waals surface area contributed by atoms with Crippen LogP contribution in [-0.4, -0.2) is 36.7 Å². The van der Waals surface area contributed by atoms with Gasteiger partial charge in [0, 0.05) is 35.5 Å². The average Bonchev–Trinajstić information content (AvgIpc) is 2.78. The van der Waals surface area contributed by atoms with Gasteiger partial charge in [0.05, 0.1) is 9.82 Å². The topological polar surface area (TPSA) is 110 Å². The van der Waals surface area contributed by atoms with E-state index in [4.69, 9.17) is 0 Å². The van der Waals surface area contributed by atoms with Gasteiger partial charge in [0.2, 0.25) is 0 Å². The first kappa shape index (κ1) is 22.3. The SMILES string of the molecule is Cc1ccc(S(=O)(=O)Nc2ccc(C(=O)N3CCCC4CCCCC43)cc2)cc1[N+](=O)[O-]. The van der Waals surface area contributed by atoms with Crippen molar-refractivity contribution in [3.8, 4) is 0 Å². The van der Waals surface area contributed by atoms with E-state index in [1.807, 2.05) is 4.90 Å². The summed E-state index contributed by atoms with van der Waals surface area (Å²) in [4.78, 5) is 25.5. The van der Waals surface area contributed by atoms with Crippen molar-refractivity contribution in [1.82, 2.24) is 4.90 Å². The van der Waals surface area contributed by atoms with Gasteiger partial charge in [-0.05, 0) is 68.9 Å². The van der Waals surface area contributed by atoms with E-state index in [0.29, 0.717) is 28.8 Å². The maximum atomic E-state index is 13.1. The second-order valence-electron chi connectivity index (χ2n) is 8.64. The molecule has 2 unspecified atom stereocenters. The average molecular weight is 458 g/mol. The molecule has 32 heavy (non-hydrogen) atoms. The molecule has 1 aliphatic heterocycles. The molecule has 2 aromatic carbocycles. The first-order valence-corrected chi connectivity index (χ1v) is 12.4. The zero-order valence-corrected chi connectivity index (χ0v) is 18.8. The molecule has 1 N–H and O–H groups in total. The molecule has 2 atom stereocenters. The van der Waals surface area contributed by atoms with E-state index in [1.54, 1.807) is 31.2 Å². The number of nitrogens with one attached hydrogen (secondary N) is 1. The molecule has 2 fully saturated rings. The fourth-order valence-electron chi connectivity index (χ4n) is 4.89. The number of amides is 1. The number of likely N-dealkylation sites (tertiary alicyclic amines) is 1. The van der Waals surface area contributed by atoms with Gasteiger partial charge in [0.1, 0.15) is 0 Å². The molecule has 9 heteroatoms. The number of nitro groups is 1. The Balaban J connectivity index is 1.49. The Hall–Kier alpha value is -2.94. The first-order chi connectivity index (χ1) is 15.3. The van der Waals surface area contributed by atoms with Crippen molar-refractivity contribution in [2.75, 3.05) is 11.3 Å². The van der Waals surface area contributed by atoms with E-state index >= 15 is 0 Å². The minimum Gasteiger partial charge on any atom is -0.335 e. The Kier molecular flexibility index (Phi) is 6.19. The van der Waals surface area contributed by atoms with Gasteiger partial charge in [0.15, 0.2) is 0 Å². The highest BCUT2D eigenvalue weighted by Crippen LogP contribution is 2.36. The number of piperidine rings is 1. The van der Waals surface area contributed by atoms with Gasteiger partial charge < -0.3 is 4.90 Å². The van der Waals surface area contributed by atoms with Crippen LogP contribution in [0.25, 0.3) is 0 Å².